The molecule has 1 rings (SSSR count). The molecule has 1 aliphatic rings. The Morgan fingerprint density at radius 2 is 1.35 bits per heavy atom. The summed E-state index contributed by atoms with van der Waals surface area (Å²) in [4.78, 5) is 12.8. The van der Waals surface area contributed by atoms with E-state index in [0.717, 1.165) is 24.8 Å². The maximum Gasteiger partial charge on any atom is 0.306 e. The molecule has 3 heteroatoms. The average Bonchev–Trinajstić information content (AvgIpc) is 2.45. The number of hydrogen-bond acceptors (Lipinski definition) is 2. The van der Waals surface area contributed by atoms with E-state index >= 15 is 0 Å². The van der Waals surface area contributed by atoms with Crippen molar-refractivity contribution in [2.45, 2.75) is 109 Å². The van der Waals surface area contributed by atoms with Gasteiger partial charge in [-0.05, 0) is 31.8 Å². The predicted molar refractivity (Wildman–Crippen MR) is 103 cm³/mol. The van der Waals surface area contributed by atoms with E-state index in [0.29, 0.717) is 0 Å². The lowest BCUT2D eigenvalue weighted by Gasteiger charge is -2.29. The molecule has 0 amide bonds. The van der Waals surface area contributed by atoms with Crippen molar-refractivity contribution in [3.8, 4) is 0 Å². The van der Waals surface area contributed by atoms with Gasteiger partial charge < -0.3 is 4.74 Å². The normalized spacial score (nSPS) is 26.7. The molecule has 1 fully saturated rings. The maximum absolute atomic E-state index is 12.8. The third kappa shape index (κ3) is 8.19. The molecular weight excluding hydrogens is 300 g/mol. The lowest BCUT2D eigenvalue weighted by molar-refractivity contribution is -0.147. The molecule has 0 spiro atoms. The third-order valence-electron chi connectivity index (χ3n) is 5.10. The molecule has 1 saturated heterocycles. The van der Waals surface area contributed by atoms with Gasteiger partial charge in [0.25, 0.3) is 0 Å². The van der Waals surface area contributed by atoms with Crippen molar-refractivity contribution < 1.29 is 9.53 Å². The standard InChI is InChI=1S/C20H38O2Si/c1-17(2)18-15-13-11-9-7-6-8-10-12-14-16-19(20(21)22-18)23(3,4)5/h18-19H,1,6-16H2,2-5H3. The summed E-state index contributed by atoms with van der Waals surface area (Å²) >= 11 is 0. The van der Waals surface area contributed by atoms with Crippen LogP contribution >= 0.6 is 0 Å². The van der Waals surface area contributed by atoms with Crippen molar-refractivity contribution in [2.24, 2.45) is 0 Å². The molecule has 2 unspecified atom stereocenters. The van der Waals surface area contributed by atoms with Crippen LogP contribution in [0.3, 0.4) is 0 Å². The van der Waals surface area contributed by atoms with Gasteiger partial charge in [0.1, 0.15) is 6.10 Å². The van der Waals surface area contributed by atoms with Gasteiger partial charge in [-0.15, -0.1) is 0 Å². The lowest BCUT2D eigenvalue weighted by atomic mass is 10.0. The molecule has 0 aromatic heterocycles. The third-order valence-corrected chi connectivity index (χ3v) is 7.71. The predicted octanol–water partition coefficient (Wildman–Crippen LogP) is 6.49. The number of carbonyl (C=O) groups excluding carboxylic acids is 1. The van der Waals surface area contributed by atoms with Crippen LogP contribution in [0.15, 0.2) is 12.2 Å². The molecule has 1 heterocycles. The molecule has 0 saturated carbocycles. The van der Waals surface area contributed by atoms with Crippen molar-refractivity contribution in [3.63, 3.8) is 0 Å². The molecule has 0 aliphatic carbocycles. The van der Waals surface area contributed by atoms with Gasteiger partial charge >= 0.3 is 5.97 Å². The van der Waals surface area contributed by atoms with Crippen LogP contribution in [0.25, 0.3) is 0 Å². The van der Waals surface area contributed by atoms with Crippen LogP contribution in [-0.4, -0.2) is 20.1 Å². The first-order valence-corrected chi connectivity index (χ1v) is 13.3. The molecule has 0 aromatic carbocycles. The molecule has 0 radical (unpaired) electrons. The first kappa shape index (κ1) is 20.5. The summed E-state index contributed by atoms with van der Waals surface area (Å²) < 4.78 is 5.92. The fraction of sp³-hybridized carbons (Fsp3) is 0.850. The van der Waals surface area contributed by atoms with E-state index < -0.39 is 8.07 Å². The number of ether oxygens (including phenoxy) is 1. The summed E-state index contributed by atoms with van der Waals surface area (Å²) in [7, 11) is -1.54. The molecular formula is C20H38O2Si. The summed E-state index contributed by atoms with van der Waals surface area (Å²) in [6.07, 6.45) is 13.4. The topological polar surface area (TPSA) is 26.3 Å². The number of carbonyl (C=O) groups is 1. The smallest absolute Gasteiger partial charge is 0.306 e. The SMILES string of the molecule is C=C(C)C1CCCCCCCCCCCC([Si](C)(C)C)C(=O)O1. The van der Waals surface area contributed by atoms with Gasteiger partial charge in [-0.3, -0.25) is 4.79 Å². The first-order chi connectivity index (χ1) is 10.8. The zero-order valence-corrected chi connectivity index (χ0v) is 17.0. The molecule has 2 nitrogen and oxygen atoms in total. The minimum absolute atomic E-state index is 0.0482. The summed E-state index contributed by atoms with van der Waals surface area (Å²) in [5, 5.41) is 0. The van der Waals surface area contributed by atoms with Gasteiger partial charge in [0.2, 0.25) is 0 Å². The summed E-state index contributed by atoms with van der Waals surface area (Å²) in [6, 6.07) is 0. The van der Waals surface area contributed by atoms with Gasteiger partial charge in [-0.25, -0.2) is 0 Å². The number of esters is 1. The molecule has 0 aromatic rings. The summed E-state index contributed by atoms with van der Waals surface area (Å²) in [5.41, 5.74) is 1.13. The van der Waals surface area contributed by atoms with Crippen molar-refractivity contribution in [3.05, 3.63) is 12.2 Å². The second-order valence-electron chi connectivity index (χ2n) is 8.45. The van der Waals surface area contributed by atoms with Gasteiger partial charge in [-0.2, -0.15) is 0 Å². The highest BCUT2D eigenvalue weighted by molar-refractivity contribution is 6.80. The Kier molecular flexibility index (Phi) is 9.19. The largest absolute Gasteiger partial charge is 0.458 e. The van der Waals surface area contributed by atoms with Crippen LogP contribution in [0.2, 0.25) is 25.2 Å². The second kappa shape index (κ2) is 10.3. The Hall–Kier alpha value is -0.573. The van der Waals surface area contributed by atoms with Crippen molar-refractivity contribution in [1.82, 2.24) is 0 Å². The number of rotatable bonds is 2. The lowest BCUT2D eigenvalue weighted by Crippen LogP contribution is -2.36. The van der Waals surface area contributed by atoms with E-state index in [4.69, 9.17) is 4.74 Å². The van der Waals surface area contributed by atoms with Crippen LogP contribution in [0.5, 0.6) is 0 Å². The zero-order chi connectivity index (χ0) is 17.3. The fourth-order valence-electron chi connectivity index (χ4n) is 3.45. The molecule has 23 heavy (non-hydrogen) atoms. The highest BCUT2D eigenvalue weighted by Gasteiger charge is 2.35. The Morgan fingerprint density at radius 1 is 0.913 bits per heavy atom. The Bertz CT molecular complexity index is 370. The average molecular weight is 339 g/mol. The minimum atomic E-state index is -1.54. The number of hydrogen-bond donors (Lipinski definition) is 0. The van der Waals surface area contributed by atoms with E-state index in [1.54, 1.807) is 0 Å². The fourth-order valence-corrected chi connectivity index (χ4v) is 5.29. The molecule has 1 aliphatic heterocycles. The van der Waals surface area contributed by atoms with Gasteiger partial charge in [-0.1, -0.05) is 77.6 Å². The molecule has 2 atom stereocenters. The van der Waals surface area contributed by atoms with Crippen molar-refractivity contribution in [2.75, 3.05) is 0 Å². The first-order valence-electron chi connectivity index (χ1n) is 9.68. The maximum atomic E-state index is 12.8. The van der Waals surface area contributed by atoms with E-state index in [2.05, 4.69) is 26.2 Å². The highest BCUT2D eigenvalue weighted by Crippen LogP contribution is 2.31. The van der Waals surface area contributed by atoms with Crippen LogP contribution in [-0.2, 0) is 9.53 Å². The van der Waals surface area contributed by atoms with Crippen LogP contribution in [0, 0.1) is 0 Å². The quantitative estimate of drug-likeness (QED) is 0.327. The Balaban J connectivity index is 2.75. The molecule has 0 bridgehead atoms. The highest BCUT2D eigenvalue weighted by atomic mass is 28.3. The summed E-state index contributed by atoms with van der Waals surface area (Å²) in [5.74, 6) is 0.0482. The monoisotopic (exact) mass is 338 g/mol. The van der Waals surface area contributed by atoms with E-state index in [9.17, 15) is 4.79 Å². The van der Waals surface area contributed by atoms with E-state index in [1.807, 2.05) is 6.92 Å². The molecule has 134 valence electrons. The minimum Gasteiger partial charge on any atom is -0.458 e. The van der Waals surface area contributed by atoms with E-state index in [-0.39, 0.29) is 17.6 Å². The van der Waals surface area contributed by atoms with Crippen LogP contribution in [0.4, 0.5) is 0 Å². The molecule has 0 N–H and O–H groups in total. The zero-order valence-electron chi connectivity index (χ0n) is 16.0. The Morgan fingerprint density at radius 3 is 1.78 bits per heavy atom. The number of cyclic esters (lactones) is 1. The van der Waals surface area contributed by atoms with Gasteiger partial charge in [0.05, 0.1) is 13.6 Å². The van der Waals surface area contributed by atoms with Gasteiger partial charge in [0, 0.05) is 0 Å². The van der Waals surface area contributed by atoms with Crippen molar-refractivity contribution >= 4 is 14.0 Å². The second-order valence-corrected chi connectivity index (χ2v) is 13.9. The van der Waals surface area contributed by atoms with Gasteiger partial charge in [0.15, 0.2) is 0 Å². The van der Waals surface area contributed by atoms with Crippen LogP contribution in [0.1, 0.15) is 77.6 Å². The Labute approximate surface area is 145 Å². The van der Waals surface area contributed by atoms with Crippen molar-refractivity contribution in [1.29, 1.82) is 0 Å². The summed E-state index contributed by atoms with van der Waals surface area (Å²) in [6.45, 7) is 12.9. The van der Waals surface area contributed by atoms with Crippen LogP contribution < -0.4 is 0 Å². The van der Waals surface area contributed by atoms with E-state index in [1.165, 1.54) is 51.4 Å².